The highest BCUT2D eigenvalue weighted by Crippen LogP contribution is 2.31. The number of hydrogen-bond donors (Lipinski definition) is 1. The van der Waals surface area contributed by atoms with E-state index >= 15 is 0 Å². The number of aromatic nitrogens is 1. The minimum Gasteiger partial charge on any atom is -0.274 e. The van der Waals surface area contributed by atoms with Gasteiger partial charge in [-0.25, -0.2) is 13.8 Å². The highest BCUT2D eigenvalue weighted by Gasteiger charge is 2.21. The monoisotopic (exact) mass is 464 g/mol. The van der Waals surface area contributed by atoms with Crippen LogP contribution in [0.1, 0.15) is 23.7 Å². The van der Waals surface area contributed by atoms with Crippen molar-refractivity contribution in [1.29, 1.82) is 0 Å². The zero-order valence-corrected chi connectivity index (χ0v) is 18.4. The summed E-state index contributed by atoms with van der Waals surface area (Å²) in [5, 5.41) is 5.37. The van der Waals surface area contributed by atoms with Crippen molar-refractivity contribution in [2.24, 2.45) is 5.10 Å². The molecular weight excluding hydrogens is 446 g/mol. The Labute approximate surface area is 182 Å². The Balaban J connectivity index is 1.82. The van der Waals surface area contributed by atoms with Crippen LogP contribution >= 0.6 is 11.3 Å². The van der Waals surface area contributed by atoms with Crippen LogP contribution in [0.2, 0.25) is 0 Å². The molecule has 0 aliphatic carbocycles. The number of anilines is 2. The van der Waals surface area contributed by atoms with E-state index in [0.717, 1.165) is 33.9 Å². The molecule has 0 fully saturated rings. The lowest BCUT2D eigenvalue weighted by molar-refractivity contribution is -0.115. The van der Waals surface area contributed by atoms with Gasteiger partial charge in [0.1, 0.15) is 11.6 Å². The van der Waals surface area contributed by atoms with Gasteiger partial charge in [0.2, 0.25) is 5.91 Å². The molecular formula is C20H18F2N4O3S2. The molecule has 0 saturated heterocycles. The van der Waals surface area contributed by atoms with Gasteiger partial charge in [0.05, 0.1) is 22.5 Å². The summed E-state index contributed by atoms with van der Waals surface area (Å²) in [5.41, 5.74) is 1.46. The Morgan fingerprint density at radius 2 is 1.94 bits per heavy atom. The first-order chi connectivity index (χ1) is 14.6. The molecule has 1 aromatic heterocycles. The van der Waals surface area contributed by atoms with Crippen LogP contribution in [-0.4, -0.2) is 25.5 Å². The fourth-order valence-corrected chi connectivity index (χ4v) is 4.67. The number of benzene rings is 2. The molecule has 11 heteroatoms. The number of hydrogen-bond acceptors (Lipinski definition) is 6. The summed E-state index contributed by atoms with van der Waals surface area (Å²) < 4.78 is 52.3. The SMILES string of the molecule is CC(=O)N(c1nc(C=NNS(=O)(=O)c2cc(C)ccc2C)cs1)c1ccc(F)cc1F. The Morgan fingerprint density at radius 3 is 2.61 bits per heavy atom. The molecule has 162 valence electrons. The first-order valence-corrected chi connectivity index (χ1v) is 11.3. The molecule has 0 aliphatic heterocycles. The molecule has 1 heterocycles. The molecule has 0 aliphatic rings. The van der Waals surface area contributed by atoms with E-state index in [4.69, 9.17) is 0 Å². The normalized spacial score (nSPS) is 11.6. The number of carbonyl (C=O) groups excluding carboxylic acids is 1. The molecule has 0 saturated carbocycles. The van der Waals surface area contributed by atoms with Gasteiger partial charge in [-0.2, -0.15) is 18.4 Å². The van der Waals surface area contributed by atoms with Crippen LogP contribution < -0.4 is 9.73 Å². The number of hydrazone groups is 1. The van der Waals surface area contributed by atoms with Crippen LogP contribution in [-0.2, 0) is 14.8 Å². The van der Waals surface area contributed by atoms with Gasteiger partial charge >= 0.3 is 0 Å². The largest absolute Gasteiger partial charge is 0.276 e. The second-order valence-corrected chi connectivity index (χ2v) is 9.09. The molecule has 7 nitrogen and oxygen atoms in total. The van der Waals surface area contributed by atoms with E-state index in [1.165, 1.54) is 24.6 Å². The second-order valence-electron chi connectivity index (χ2n) is 6.63. The number of rotatable bonds is 6. The summed E-state index contributed by atoms with van der Waals surface area (Å²) >= 11 is 1.02. The lowest BCUT2D eigenvalue weighted by atomic mass is 10.2. The van der Waals surface area contributed by atoms with E-state index in [0.29, 0.717) is 11.6 Å². The average molecular weight is 465 g/mol. The highest BCUT2D eigenvalue weighted by atomic mass is 32.2. The van der Waals surface area contributed by atoms with Gasteiger partial charge < -0.3 is 0 Å². The summed E-state index contributed by atoms with van der Waals surface area (Å²) in [6.07, 6.45) is 1.17. The standard InChI is InChI=1S/C20H18F2N4O3S2/c1-12-4-5-13(2)19(8-12)31(28,29)25-23-10-16-11-30-20(24-16)26(14(3)27)18-7-6-15(21)9-17(18)22/h4-11,25H,1-3H3. The third-order valence-electron chi connectivity index (χ3n) is 4.17. The topological polar surface area (TPSA) is 91.7 Å². The molecule has 1 amide bonds. The maximum absolute atomic E-state index is 14.1. The predicted octanol–water partition coefficient (Wildman–Crippen LogP) is 4.04. The number of thiazole rings is 1. The number of carbonyl (C=O) groups is 1. The van der Waals surface area contributed by atoms with Crippen LogP contribution in [0.4, 0.5) is 19.6 Å². The van der Waals surface area contributed by atoms with Crippen molar-refractivity contribution in [2.45, 2.75) is 25.7 Å². The zero-order chi connectivity index (χ0) is 22.8. The molecule has 0 atom stereocenters. The van der Waals surface area contributed by atoms with Crippen LogP contribution in [0, 0.1) is 25.5 Å². The van der Waals surface area contributed by atoms with Crippen molar-refractivity contribution in [3.63, 3.8) is 0 Å². The Kier molecular flexibility index (Phi) is 6.46. The number of aryl methyl sites for hydroxylation is 2. The third kappa shape index (κ3) is 5.12. The maximum atomic E-state index is 14.1. The van der Waals surface area contributed by atoms with Crippen molar-refractivity contribution in [3.05, 3.63) is 70.2 Å². The zero-order valence-electron chi connectivity index (χ0n) is 16.8. The lowest BCUT2D eigenvalue weighted by Gasteiger charge is -2.18. The molecule has 0 spiro atoms. The smallest absolute Gasteiger partial charge is 0.274 e. The van der Waals surface area contributed by atoms with E-state index in [-0.39, 0.29) is 21.4 Å². The van der Waals surface area contributed by atoms with E-state index in [1.807, 2.05) is 0 Å². The van der Waals surface area contributed by atoms with Crippen LogP contribution in [0.3, 0.4) is 0 Å². The number of amides is 1. The summed E-state index contributed by atoms with van der Waals surface area (Å²) in [6.45, 7) is 4.68. The van der Waals surface area contributed by atoms with E-state index in [9.17, 15) is 22.0 Å². The molecule has 1 N–H and O–H groups in total. The number of nitrogens with one attached hydrogen (secondary N) is 1. The fourth-order valence-electron chi connectivity index (χ4n) is 2.72. The van der Waals surface area contributed by atoms with Gasteiger partial charge in [0.25, 0.3) is 10.0 Å². The maximum Gasteiger partial charge on any atom is 0.276 e. The Hall–Kier alpha value is -3.18. The van der Waals surface area contributed by atoms with Gasteiger partial charge in [-0.05, 0) is 43.2 Å². The molecule has 0 unspecified atom stereocenters. The number of nitrogens with zero attached hydrogens (tertiary/aromatic N) is 3. The van der Waals surface area contributed by atoms with E-state index in [2.05, 4.69) is 14.9 Å². The van der Waals surface area contributed by atoms with Gasteiger partial charge in [-0.3, -0.25) is 9.69 Å². The quantitative estimate of drug-likeness (QED) is 0.440. The summed E-state index contributed by atoms with van der Waals surface area (Å²) in [7, 11) is -3.88. The first-order valence-electron chi connectivity index (χ1n) is 8.92. The molecule has 3 aromatic rings. The van der Waals surface area contributed by atoms with Crippen molar-refractivity contribution in [3.8, 4) is 0 Å². The van der Waals surface area contributed by atoms with Crippen LogP contribution in [0.5, 0.6) is 0 Å². The lowest BCUT2D eigenvalue weighted by Crippen LogP contribution is -2.23. The van der Waals surface area contributed by atoms with Crippen molar-refractivity contribution in [2.75, 3.05) is 4.90 Å². The number of halogens is 2. The van der Waals surface area contributed by atoms with E-state index < -0.39 is 27.6 Å². The van der Waals surface area contributed by atoms with Gasteiger partial charge in [0.15, 0.2) is 5.13 Å². The van der Waals surface area contributed by atoms with E-state index in [1.54, 1.807) is 26.0 Å². The Bertz CT molecular complexity index is 1270. The third-order valence-corrected chi connectivity index (χ3v) is 6.38. The summed E-state index contributed by atoms with van der Waals surface area (Å²) in [6, 6.07) is 7.88. The molecule has 0 radical (unpaired) electrons. The van der Waals surface area contributed by atoms with Crippen molar-refractivity contribution >= 4 is 44.3 Å². The van der Waals surface area contributed by atoms with Crippen LogP contribution in [0.15, 0.2) is 51.8 Å². The Morgan fingerprint density at radius 1 is 1.19 bits per heavy atom. The highest BCUT2D eigenvalue weighted by molar-refractivity contribution is 7.89. The second kappa shape index (κ2) is 8.90. The molecule has 0 bridgehead atoms. The van der Waals surface area contributed by atoms with Gasteiger partial charge in [-0.15, -0.1) is 11.3 Å². The summed E-state index contributed by atoms with van der Waals surface area (Å²) in [5.74, 6) is -2.21. The van der Waals surface area contributed by atoms with Gasteiger partial charge in [0, 0.05) is 18.4 Å². The minimum absolute atomic E-state index is 0.109. The molecule has 2 aromatic carbocycles. The average Bonchev–Trinajstić information content (AvgIpc) is 3.13. The summed E-state index contributed by atoms with van der Waals surface area (Å²) in [4.78, 5) is 19.5. The minimum atomic E-state index is -3.88. The molecule has 3 rings (SSSR count). The fraction of sp³-hybridized carbons (Fsp3) is 0.150. The van der Waals surface area contributed by atoms with Crippen molar-refractivity contribution < 1.29 is 22.0 Å². The van der Waals surface area contributed by atoms with Crippen molar-refractivity contribution in [1.82, 2.24) is 9.82 Å². The first kappa shape index (κ1) is 22.5. The molecule has 31 heavy (non-hydrogen) atoms. The van der Waals surface area contributed by atoms with Gasteiger partial charge in [-0.1, -0.05) is 12.1 Å². The predicted molar refractivity (Wildman–Crippen MR) is 115 cm³/mol. The number of sulfonamides is 1. The van der Waals surface area contributed by atoms with Crippen LogP contribution in [0.25, 0.3) is 0 Å².